The molecule has 0 saturated heterocycles. The first-order chi connectivity index (χ1) is 21.9. The maximum Gasteiger partial charge on any atom is 0.472 e. The number of hydrogen-bond acceptors (Lipinski definition) is 7. The summed E-state index contributed by atoms with van der Waals surface area (Å²) in [6.45, 7) is 4.80. The van der Waals surface area contributed by atoms with Crippen molar-refractivity contribution < 1.29 is 32.8 Å². The van der Waals surface area contributed by atoms with Gasteiger partial charge in [0.15, 0.2) is 0 Å². The molecule has 3 N–H and O–H groups in total. The molecule has 0 aromatic heterocycles. The van der Waals surface area contributed by atoms with E-state index < -0.39 is 13.9 Å². The number of carbonyl (C=O) groups excluding carboxylic acids is 1. The minimum Gasteiger partial charge on any atom is -0.457 e. The van der Waals surface area contributed by atoms with Gasteiger partial charge in [0.2, 0.25) is 0 Å². The van der Waals surface area contributed by atoms with Gasteiger partial charge in [-0.15, -0.1) is 0 Å². The van der Waals surface area contributed by atoms with Crippen molar-refractivity contribution in [2.45, 2.75) is 180 Å². The molecule has 0 aliphatic heterocycles. The number of carbonyl (C=O) groups is 1. The molecule has 45 heavy (non-hydrogen) atoms. The summed E-state index contributed by atoms with van der Waals surface area (Å²) in [5.74, 6) is -0.347. The van der Waals surface area contributed by atoms with Crippen molar-refractivity contribution in [3.05, 3.63) is 12.2 Å². The number of nitrogens with two attached hydrogens (primary N) is 1. The smallest absolute Gasteiger partial charge is 0.457 e. The molecule has 268 valence electrons. The van der Waals surface area contributed by atoms with Crippen LogP contribution in [0.2, 0.25) is 0 Å². The van der Waals surface area contributed by atoms with Gasteiger partial charge in [-0.3, -0.25) is 13.8 Å². The molecule has 0 bridgehead atoms. The van der Waals surface area contributed by atoms with E-state index in [0.717, 1.165) is 38.5 Å². The Morgan fingerprint density at radius 3 is 1.62 bits per heavy atom. The van der Waals surface area contributed by atoms with Crippen LogP contribution in [-0.4, -0.2) is 49.9 Å². The van der Waals surface area contributed by atoms with E-state index in [1.807, 2.05) is 0 Å². The SMILES string of the molecule is CCCCCCCCCC/C=C\CCCCCCCCCCCCOCC(COP(=O)(O)OCCN)OC(=O)CCCCCC. The lowest BCUT2D eigenvalue weighted by atomic mass is 10.1. The predicted molar refractivity (Wildman–Crippen MR) is 187 cm³/mol. The van der Waals surface area contributed by atoms with Gasteiger partial charge in [0.05, 0.1) is 19.8 Å². The second-order valence-corrected chi connectivity index (χ2v) is 13.9. The number of hydrogen-bond donors (Lipinski definition) is 2. The van der Waals surface area contributed by atoms with Crippen LogP contribution in [0, 0.1) is 0 Å². The van der Waals surface area contributed by atoms with E-state index in [1.54, 1.807) is 0 Å². The molecule has 2 atom stereocenters. The maximum atomic E-state index is 12.2. The summed E-state index contributed by atoms with van der Waals surface area (Å²) in [7, 11) is -4.25. The van der Waals surface area contributed by atoms with Gasteiger partial charge in [0.25, 0.3) is 0 Å². The van der Waals surface area contributed by atoms with E-state index in [0.29, 0.717) is 13.0 Å². The number of rotatable bonds is 36. The molecule has 0 aliphatic carbocycles. The van der Waals surface area contributed by atoms with Gasteiger partial charge in [0, 0.05) is 19.6 Å². The van der Waals surface area contributed by atoms with E-state index >= 15 is 0 Å². The molecule has 8 nitrogen and oxygen atoms in total. The van der Waals surface area contributed by atoms with Crippen LogP contribution in [0.4, 0.5) is 0 Å². The highest BCUT2D eigenvalue weighted by Gasteiger charge is 2.25. The molecule has 2 unspecified atom stereocenters. The third kappa shape index (κ3) is 34.4. The van der Waals surface area contributed by atoms with Crippen LogP contribution < -0.4 is 5.73 Å². The molecule has 9 heteroatoms. The van der Waals surface area contributed by atoms with Gasteiger partial charge < -0.3 is 20.1 Å². The third-order valence-corrected chi connectivity index (χ3v) is 8.92. The normalized spacial score (nSPS) is 13.8. The number of phosphoric acid groups is 1. The number of phosphoric ester groups is 1. The first-order valence-electron chi connectivity index (χ1n) is 18.7. The zero-order chi connectivity index (χ0) is 33.1. The van der Waals surface area contributed by atoms with Crippen molar-refractivity contribution in [2.75, 3.05) is 33.0 Å². The summed E-state index contributed by atoms with van der Waals surface area (Å²) in [6, 6.07) is 0. The van der Waals surface area contributed by atoms with E-state index in [-0.39, 0.29) is 32.3 Å². The summed E-state index contributed by atoms with van der Waals surface area (Å²) in [4.78, 5) is 22.0. The Kier molecular flexibility index (Phi) is 34.0. The summed E-state index contributed by atoms with van der Waals surface area (Å²) in [5.41, 5.74) is 5.32. The summed E-state index contributed by atoms with van der Waals surface area (Å²) in [5, 5.41) is 0. The maximum absolute atomic E-state index is 12.2. The predicted octanol–water partition coefficient (Wildman–Crippen LogP) is 10.4. The van der Waals surface area contributed by atoms with Crippen molar-refractivity contribution in [1.29, 1.82) is 0 Å². The standard InChI is InChI=1S/C36H72NO7P/c1-3-5-7-9-10-11-12-13-14-15-16-17-18-19-20-21-22-23-24-25-26-28-31-41-33-35(34-43-45(39,40)42-32-30-37)44-36(38)29-27-8-6-4-2/h15-16,35H,3-14,17-34,37H2,1-2H3,(H,39,40)/b16-15-. The number of ether oxygens (including phenoxy) is 2. The highest BCUT2D eigenvalue weighted by molar-refractivity contribution is 7.47. The average Bonchev–Trinajstić information content (AvgIpc) is 3.03. The Labute approximate surface area is 277 Å². The molecule has 0 aliphatic rings. The van der Waals surface area contributed by atoms with Crippen LogP contribution in [0.3, 0.4) is 0 Å². The molecule has 0 heterocycles. The van der Waals surface area contributed by atoms with Gasteiger partial charge in [-0.2, -0.15) is 0 Å². The van der Waals surface area contributed by atoms with Crippen LogP contribution in [0.5, 0.6) is 0 Å². The molecule has 0 aromatic carbocycles. The molecule has 0 rings (SSSR count). The lowest BCUT2D eigenvalue weighted by Crippen LogP contribution is -2.28. The van der Waals surface area contributed by atoms with Gasteiger partial charge in [-0.1, -0.05) is 142 Å². The summed E-state index contributed by atoms with van der Waals surface area (Å²) >= 11 is 0. The van der Waals surface area contributed by atoms with E-state index in [4.69, 9.17) is 24.3 Å². The lowest BCUT2D eigenvalue weighted by Gasteiger charge is -2.20. The average molecular weight is 662 g/mol. The molecule has 0 radical (unpaired) electrons. The van der Waals surface area contributed by atoms with Gasteiger partial charge in [0.1, 0.15) is 6.10 Å². The molecule has 0 fully saturated rings. The molecular formula is C36H72NO7P. The van der Waals surface area contributed by atoms with Gasteiger partial charge >= 0.3 is 13.8 Å². The van der Waals surface area contributed by atoms with Gasteiger partial charge in [-0.25, -0.2) is 4.57 Å². The number of unbranched alkanes of at least 4 members (excludes halogenated alkanes) is 21. The second kappa shape index (κ2) is 34.6. The highest BCUT2D eigenvalue weighted by atomic mass is 31.2. The van der Waals surface area contributed by atoms with Crippen LogP contribution in [0.1, 0.15) is 174 Å². The van der Waals surface area contributed by atoms with Crippen LogP contribution in [0.25, 0.3) is 0 Å². The highest BCUT2D eigenvalue weighted by Crippen LogP contribution is 2.43. The fourth-order valence-corrected chi connectivity index (χ4v) is 5.93. The van der Waals surface area contributed by atoms with Crippen LogP contribution in [-0.2, 0) is 27.9 Å². The Morgan fingerprint density at radius 2 is 1.11 bits per heavy atom. The van der Waals surface area contributed by atoms with Crippen molar-refractivity contribution in [3.8, 4) is 0 Å². The second-order valence-electron chi connectivity index (χ2n) is 12.4. The Hall–Kier alpha value is -0.760. The van der Waals surface area contributed by atoms with Crippen molar-refractivity contribution in [2.24, 2.45) is 5.73 Å². The molecule has 0 amide bonds. The van der Waals surface area contributed by atoms with Crippen LogP contribution >= 0.6 is 7.82 Å². The lowest BCUT2D eigenvalue weighted by molar-refractivity contribution is -0.154. The summed E-state index contributed by atoms with van der Waals surface area (Å²) in [6.07, 6.45) is 34.3. The zero-order valence-corrected chi connectivity index (χ0v) is 30.3. The molecule has 0 spiro atoms. The van der Waals surface area contributed by atoms with Gasteiger partial charge in [-0.05, 0) is 38.5 Å². The Bertz CT molecular complexity index is 707. The zero-order valence-electron chi connectivity index (χ0n) is 29.4. The monoisotopic (exact) mass is 662 g/mol. The number of esters is 1. The van der Waals surface area contributed by atoms with Crippen molar-refractivity contribution >= 4 is 13.8 Å². The first kappa shape index (κ1) is 44.2. The molecular weight excluding hydrogens is 589 g/mol. The van der Waals surface area contributed by atoms with E-state index in [1.165, 1.54) is 116 Å². The minimum atomic E-state index is -4.25. The Morgan fingerprint density at radius 1 is 0.644 bits per heavy atom. The first-order valence-corrected chi connectivity index (χ1v) is 20.2. The number of allylic oxidation sites excluding steroid dienone is 2. The quantitative estimate of drug-likeness (QED) is 0.0295. The largest absolute Gasteiger partial charge is 0.472 e. The third-order valence-electron chi connectivity index (χ3n) is 7.93. The molecule has 0 saturated carbocycles. The van der Waals surface area contributed by atoms with Crippen molar-refractivity contribution in [1.82, 2.24) is 0 Å². The fraction of sp³-hybridized carbons (Fsp3) is 0.917. The fourth-order valence-electron chi connectivity index (χ4n) is 5.17. The minimum absolute atomic E-state index is 0.0938. The Balaban J connectivity index is 3.77. The van der Waals surface area contributed by atoms with Crippen LogP contribution in [0.15, 0.2) is 12.2 Å². The summed E-state index contributed by atoms with van der Waals surface area (Å²) < 4.78 is 33.0. The topological polar surface area (TPSA) is 117 Å². The van der Waals surface area contributed by atoms with E-state index in [9.17, 15) is 14.3 Å². The molecule has 0 aromatic rings. The van der Waals surface area contributed by atoms with Crippen molar-refractivity contribution in [3.63, 3.8) is 0 Å². The van der Waals surface area contributed by atoms with E-state index in [2.05, 4.69) is 26.0 Å².